The Morgan fingerprint density at radius 2 is 2.27 bits per heavy atom. The average molecular weight is 223 g/mol. The molecule has 0 atom stereocenters. The summed E-state index contributed by atoms with van der Waals surface area (Å²) in [5.41, 5.74) is 1.07. The van der Waals surface area contributed by atoms with E-state index < -0.39 is 0 Å². The van der Waals surface area contributed by atoms with Crippen molar-refractivity contribution in [2.75, 3.05) is 5.75 Å². The van der Waals surface area contributed by atoms with Crippen LogP contribution in [0.1, 0.15) is 30.9 Å². The summed E-state index contributed by atoms with van der Waals surface area (Å²) in [5, 5.41) is 8.58. The van der Waals surface area contributed by atoms with Gasteiger partial charge in [-0.15, -0.1) is 0 Å². The highest BCUT2D eigenvalue weighted by Gasteiger charge is 2.03. The van der Waals surface area contributed by atoms with Crippen LogP contribution in [0.3, 0.4) is 0 Å². The molecule has 0 amide bonds. The second-order valence-electron chi connectivity index (χ2n) is 3.32. The van der Waals surface area contributed by atoms with Crippen LogP contribution >= 0.6 is 11.8 Å². The fraction of sp³-hybridized carbons (Fsp3) is 0.417. The fourth-order valence-electron chi connectivity index (χ4n) is 1.16. The second kappa shape index (κ2) is 6.47. The van der Waals surface area contributed by atoms with Gasteiger partial charge in [-0.05, 0) is 29.9 Å². The van der Waals surface area contributed by atoms with Gasteiger partial charge in [0.25, 0.3) is 0 Å². The lowest BCUT2D eigenvalue weighted by Crippen LogP contribution is -1.90. The summed E-state index contributed by atoms with van der Waals surface area (Å²) in [6.45, 7) is 2.14. The Hall–Kier alpha value is -1.01. The molecule has 0 aliphatic carbocycles. The van der Waals surface area contributed by atoms with Gasteiger partial charge in [0.1, 0.15) is 5.82 Å². The van der Waals surface area contributed by atoms with Gasteiger partial charge in [0.2, 0.25) is 0 Å². The first-order valence-electron chi connectivity index (χ1n) is 5.04. The predicted octanol–water partition coefficient (Wildman–Crippen LogP) is 3.73. The SMILES string of the molecule is CCCCSCc1ccc(C#N)cc1F. The minimum absolute atomic E-state index is 0.266. The van der Waals surface area contributed by atoms with E-state index in [0.29, 0.717) is 16.9 Å². The average Bonchev–Trinajstić information content (AvgIpc) is 2.26. The van der Waals surface area contributed by atoms with Crippen LogP contribution in [0.4, 0.5) is 4.39 Å². The van der Waals surface area contributed by atoms with Crippen molar-refractivity contribution in [2.45, 2.75) is 25.5 Å². The number of halogens is 1. The van der Waals surface area contributed by atoms with Crippen LogP contribution in [0.25, 0.3) is 0 Å². The highest BCUT2D eigenvalue weighted by molar-refractivity contribution is 7.98. The first-order valence-corrected chi connectivity index (χ1v) is 6.19. The number of hydrogen-bond acceptors (Lipinski definition) is 2. The minimum Gasteiger partial charge on any atom is -0.207 e. The Morgan fingerprint density at radius 1 is 1.47 bits per heavy atom. The molecule has 80 valence electrons. The highest BCUT2D eigenvalue weighted by atomic mass is 32.2. The summed E-state index contributed by atoms with van der Waals surface area (Å²) in [6.07, 6.45) is 2.34. The Balaban J connectivity index is 2.52. The summed E-state index contributed by atoms with van der Waals surface area (Å²) in [5.74, 6) is 1.49. The molecule has 15 heavy (non-hydrogen) atoms. The molecule has 1 nitrogen and oxygen atoms in total. The Labute approximate surface area is 94.3 Å². The molecule has 1 aromatic carbocycles. The van der Waals surface area contributed by atoms with E-state index in [-0.39, 0.29) is 5.82 Å². The lowest BCUT2D eigenvalue weighted by atomic mass is 10.1. The number of nitriles is 1. The largest absolute Gasteiger partial charge is 0.207 e. The molecular formula is C12H14FNS. The van der Waals surface area contributed by atoms with Gasteiger partial charge in [-0.3, -0.25) is 0 Å². The fourth-order valence-corrected chi connectivity index (χ4v) is 2.25. The van der Waals surface area contributed by atoms with Crippen LogP contribution in [0, 0.1) is 17.1 Å². The number of unbranched alkanes of at least 4 members (excludes halogenated alkanes) is 1. The van der Waals surface area contributed by atoms with Crippen molar-refractivity contribution in [1.82, 2.24) is 0 Å². The van der Waals surface area contributed by atoms with Crippen LogP contribution < -0.4 is 0 Å². The second-order valence-corrected chi connectivity index (χ2v) is 4.43. The summed E-state index contributed by atoms with van der Waals surface area (Å²) in [6, 6.07) is 6.59. The minimum atomic E-state index is -0.266. The van der Waals surface area contributed by atoms with Gasteiger partial charge in [0, 0.05) is 5.75 Å². The third-order valence-corrected chi connectivity index (χ3v) is 3.17. The molecular weight excluding hydrogens is 209 g/mol. The van der Waals surface area contributed by atoms with Crippen molar-refractivity contribution in [3.05, 3.63) is 35.1 Å². The standard InChI is InChI=1S/C12H14FNS/c1-2-3-6-15-9-11-5-4-10(8-14)7-12(11)13/h4-5,7H,2-3,6,9H2,1H3. The number of nitrogens with zero attached hydrogens (tertiary/aromatic N) is 1. The molecule has 1 aromatic rings. The molecule has 0 bridgehead atoms. The van der Waals surface area contributed by atoms with Crippen molar-refractivity contribution in [3.63, 3.8) is 0 Å². The van der Waals surface area contributed by atoms with Crippen molar-refractivity contribution < 1.29 is 4.39 Å². The quantitative estimate of drug-likeness (QED) is 0.710. The van der Waals surface area contributed by atoms with Gasteiger partial charge in [-0.2, -0.15) is 17.0 Å². The summed E-state index contributed by atoms with van der Waals surface area (Å²) in [7, 11) is 0. The monoisotopic (exact) mass is 223 g/mol. The molecule has 0 radical (unpaired) electrons. The zero-order chi connectivity index (χ0) is 11.1. The number of hydrogen-bond donors (Lipinski definition) is 0. The zero-order valence-corrected chi connectivity index (χ0v) is 9.61. The summed E-state index contributed by atoms with van der Waals surface area (Å²) in [4.78, 5) is 0. The van der Waals surface area contributed by atoms with Crippen LogP contribution in [0.5, 0.6) is 0 Å². The Kier molecular flexibility index (Phi) is 5.20. The van der Waals surface area contributed by atoms with Gasteiger partial charge >= 0.3 is 0 Å². The van der Waals surface area contributed by atoms with Gasteiger partial charge in [-0.25, -0.2) is 4.39 Å². The molecule has 0 aliphatic rings. The molecule has 0 saturated carbocycles. The molecule has 0 spiro atoms. The van der Waals surface area contributed by atoms with Gasteiger partial charge < -0.3 is 0 Å². The lowest BCUT2D eigenvalue weighted by Gasteiger charge is -2.02. The van der Waals surface area contributed by atoms with Crippen LogP contribution in [0.15, 0.2) is 18.2 Å². The van der Waals surface area contributed by atoms with E-state index in [1.807, 2.05) is 6.07 Å². The first kappa shape index (κ1) is 12.1. The van der Waals surface area contributed by atoms with E-state index in [0.717, 1.165) is 5.75 Å². The maximum Gasteiger partial charge on any atom is 0.128 e. The third-order valence-electron chi connectivity index (χ3n) is 2.08. The first-order chi connectivity index (χ1) is 7.27. The van der Waals surface area contributed by atoms with E-state index in [9.17, 15) is 4.39 Å². The molecule has 0 N–H and O–H groups in total. The molecule has 0 unspecified atom stereocenters. The molecule has 1 rings (SSSR count). The number of benzene rings is 1. The number of rotatable bonds is 5. The van der Waals surface area contributed by atoms with Crippen LogP contribution in [0.2, 0.25) is 0 Å². The van der Waals surface area contributed by atoms with E-state index in [1.165, 1.54) is 18.9 Å². The van der Waals surface area contributed by atoms with Crippen LogP contribution in [-0.2, 0) is 5.75 Å². The third kappa shape index (κ3) is 3.93. The summed E-state index contributed by atoms with van der Waals surface area (Å²) < 4.78 is 13.4. The van der Waals surface area contributed by atoms with E-state index >= 15 is 0 Å². The van der Waals surface area contributed by atoms with Gasteiger partial charge in [0.15, 0.2) is 0 Å². The summed E-state index contributed by atoms with van der Waals surface area (Å²) >= 11 is 1.74. The maximum atomic E-state index is 13.4. The van der Waals surface area contributed by atoms with Crippen molar-refractivity contribution in [3.8, 4) is 6.07 Å². The van der Waals surface area contributed by atoms with Crippen molar-refractivity contribution in [2.24, 2.45) is 0 Å². The van der Waals surface area contributed by atoms with Gasteiger partial charge in [0.05, 0.1) is 11.6 Å². The van der Waals surface area contributed by atoms with E-state index in [2.05, 4.69) is 6.92 Å². The normalized spacial score (nSPS) is 9.93. The molecule has 0 aromatic heterocycles. The van der Waals surface area contributed by atoms with E-state index in [1.54, 1.807) is 23.9 Å². The zero-order valence-electron chi connectivity index (χ0n) is 8.79. The van der Waals surface area contributed by atoms with Gasteiger partial charge in [-0.1, -0.05) is 19.4 Å². The lowest BCUT2D eigenvalue weighted by molar-refractivity contribution is 0.617. The highest BCUT2D eigenvalue weighted by Crippen LogP contribution is 2.17. The molecule has 0 saturated heterocycles. The molecule has 3 heteroatoms. The number of thioether (sulfide) groups is 1. The maximum absolute atomic E-state index is 13.4. The Bertz CT molecular complexity index is 357. The smallest absolute Gasteiger partial charge is 0.128 e. The van der Waals surface area contributed by atoms with Crippen molar-refractivity contribution >= 4 is 11.8 Å². The Morgan fingerprint density at radius 3 is 2.87 bits per heavy atom. The topological polar surface area (TPSA) is 23.8 Å². The molecule has 0 fully saturated rings. The predicted molar refractivity (Wildman–Crippen MR) is 62.2 cm³/mol. The van der Waals surface area contributed by atoms with Crippen LogP contribution in [-0.4, -0.2) is 5.75 Å². The molecule has 0 aliphatic heterocycles. The van der Waals surface area contributed by atoms with Crippen molar-refractivity contribution in [1.29, 1.82) is 5.26 Å². The molecule has 0 heterocycles. The van der Waals surface area contributed by atoms with E-state index in [4.69, 9.17) is 5.26 Å².